The van der Waals surface area contributed by atoms with Gasteiger partial charge in [-0.15, -0.1) is 0 Å². The standard InChI is InChI=1S/C14H16FN3O2/c1-2-11(20-12-5-3-4-10(15)8-12)9-16-14(19)13-6-7-17-18-13/h3-8,11H,2,9H2,1H3,(H,16,19)(H,17,18)/t11-/m0/s1. The van der Waals surface area contributed by atoms with E-state index in [1.54, 1.807) is 18.2 Å². The molecule has 1 atom stereocenters. The highest BCUT2D eigenvalue weighted by Crippen LogP contribution is 2.14. The van der Waals surface area contributed by atoms with Gasteiger partial charge in [0.25, 0.3) is 5.91 Å². The molecule has 1 aromatic heterocycles. The molecule has 0 saturated heterocycles. The van der Waals surface area contributed by atoms with Crippen LogP contribution >= 0.6 is 0 Å². The van der Waals surface area contributed by atoms with Crippen molar-refractivity contribution in [1.82, 2.24) is 15.5 Å². The van der Waals surface area contributed by atoms with E-state index in [2.05, 4.69) is 15.5 Å². The normalized spacial score (nSPS) is 11.9. The van der Waals surface area contributed by atoms with Crippen LogP contribution in [-0.4, -0.2) is 28.8 Å². The lowest BCUT2D eigenvalue weighted by atomic mass is 10.2. The number of ether oxygens (including phenoxy) is 1. The van der Waals surface area contributed by atoms with Crippen molar-refractivity contribution < 1.29 is 13.9 Å². The lowest BCUT2D eigenvalue weighted by molar-refractivity contribution is 0.0921. The summed E-state index contributed by atoms with van der Waals surface area (Å²) in [4.78, 5) is 11.7. The Morgan fingerprint density at radius 3 is 3.00 bits per heavy atom. The third-order valence-electron chi connectivity index (χ3n) is 2.79. The topological polar surface area (TPSA) is 67.0 Å². The van der Waals surface area contributed by atoms with E-state index in [1.807, 2.05) is 6.92 Å². The second kappa shape index (κ2) is 6.70. The summed E-state index contributed by atoms with van der Waals surface area (Å²) in [7, 11) is 0. The zero-order valence-corrected chi connectivity index (χ0v) is 11.1. The summed E-state index contributed by atoms with van der Waals surface area (Å²) >= 11 is 0. The predicted octanol–water partition coefficient (Wildman–Crippen LogP) is 2.14. The lowest BCUT2D eigenvalue weighted by Crippen LogP contribution is -2.35. The first-order valence-electron chi connectivity index (χ1n) is 6.39. The van der Waals surface area contributed by atoms with Crippen LogP contribution in [0.3, 0.4) is 0 Å². The molecule has 1 heterocycles. The SMILES string of the molecule is CC[C@@H](CNC(=O)c1ccn[nH]1)Oc1cccc(F)c1. The Morgan fingerprint density at radius 1 is 1.50 bits per heavy atom. The monoisotopic (exact) mass is 277 g/mol. The van der Waals surface area contributed by atoms with Crippen molar-refractivity contribution >= 4 is 5.91 Å². The Kier molecular flexibility index (Phi) is 4.70. The maximum absolute atomic E-state index is 13.1. The number of rotatable bonds is 6. The molecule has 0 radical (unpaired) electrons. The molecule has 0 aliphatic rings. The Bertz CT molecular complexity index is 557. The molecule has 0 spiro atoms. The number of halogens is 1. The molecule has 0 fully saturated rings. The summed E-state index contributed by atoms with van der Waals surface area (Å²) in [6.45, 7) is 2.27. The van der Waals surface area contributed by atoms with Crippen LogP contribution in [0.1, 0.15) is 23.8 Å². The van der Waals surface area contributed by atoms with Gasteiger partial charge in [-0.1, -0.05) is 13.0 Å². The van der Waals surface area contributed by atoms with Crippen molar-refractivity contribution in [2.75, 3.05) is 6.54 Å². The third-order valence-corrected chi connectivity index (χ3v) is 2.79. The van der Waals surface area contributed by atoms with Gasteiger partial charge in [0.05, 0.1) is 6.54 Å². The second-order valence-electron chi connectivity index (χ2n) is 4.29. The Morgan fingerprint density at radius 2 is 2.35 bits per heavy atom. The molecule has 2 aromatic rings. The number of aromatic amines is 1. The van der Waals surface area contributed by atoms with E-state index in [4.69, 9.17) is 4.74 Å². The molecule has 0 bridgehead atoms. The van der Waals surface area contributed by atoms with Crippen LogP contribution in [0.25, 0.3) is 0 Å². The van der Waals surface area contributed by atoms with Crippen LogP contribution in [0.4, 0.5) is 4.39 Å². The number of carbonyl (C=O) groups excluding carboxylic acids is 1. The smallest absolute Gasteiger partial charge is 0.269 e. The van der Waals surface area contributed by atoms with E-state index >= 15 is 0 Å². The summed E-state index contributed by atoms with van der Waals surface area (Å²) in [5.41, 5.74) is 0.394. The number of nitrogens with zero attached hydrogens (tertiary/aromatic N) is 1. The predicted molar refractivity (Wildman–Crippen MR) is 72.0 cm³/mol. The van der Waals surface area contributed by atoms with Crippen molar-refractivity contribution in [3.05, 3.63) is 48.0 Å². The fourth-order valence-electron chi connectivity index (χ4n) is 1.69. The van der Waals surface area contributed by atoms with Crippen LogP contribution in [0.2, 0.25) is 0 Å². The molecule has 1 amide bonds. The van der Waals surface area contributed by atoms with Crippen LogP contribution in [0.5, 0.6) is 5.75 Å². The molecule has 5 nitrogen and oxygen atoms in total. The first-order valence-corrected chi connectivity index (χ1v) is 6.39. The molecule has 6 heteroatoms. The Balaban J connectivity index is 1.88. The summed E-state index contributed by atoms with van der Waals surface area (Å²) in [6, 6.07) is 7.53. The van der Waals surface area contributed by atoms with E-state index in [0.29, 0.717) is 24.4 Å². The van der Waals surface area contributed by atoms with Crippen LogP contribution in [-0.2, 0) is 0 Å². The zero-order chi connectivity index (χ0) is 14.4. The van der Waals surface area contributed by atoms with Crippen molar-refractivity contribution in [3.63, 3.8) is 0 Å². The van der Waals surface area contributed by atoms with Crippen LogP contribution in [0, 0.1) is 5.82 Å². The number of H-pyrrole nitrogens is 1. The quantitative estimate of drug-likeness (QED) is 0.850. The average Bonchev–Trinajstić information content (AvgIpc) is 2.97. The molecule has 2 rings (SSSR count). The number of hydrogen-bond acceptors (Lipinski definition) is 3. The van der Waals surface area contributed by atoms with Gasteiger partial charge in [0.15, 0.2) is 0 Å². The van der Waals surface area contributed by atoms with Crippen molar-refractivity contribution in [2.24, 2.45) is 0 Å². The number of hydrogen-bond donors (Lipinski definition) is 2. The Labute approximate surface area is 116 Å². The molecular formula is C14H16FN3O2. The minimum Gasteiger partial charge on any atom is -0.489 e. The zero-order valence-electron chi connectivity index (χ0n) is 11.1. The summed E-state index contributed by atoms with van der Waals surface area (Å²) in [6.07, 6.45) is 1.98. The highest BCUT2D eigenvalue weighted by Gasteiger charge is 2.12. The molecule has 1 aromatic carbocycles. The maximum Gasteiger partial charge on any atom is 0.269 e. The maximum atomic E-state index is 13.1. The summed E-state index contributed by atoms with van der Waals surface area (Å²) < 4.78 is 18.7. The number of amides is 1. The van der Waals surface area contributed by atoms with E-state index in [-0.39, 0.29) is 17.8 Å². The van der Waals surface area contributed by atoms with Gasteiger partial charge < -0.3 is 10.1 Å². The molecule has 0 saturated carbocycles. The Hall–Kier alpha value is -2.37. The number of aromatic nitrogens is 2. The van der Waals surface area contributed by atoms with Crippen molar-refractivity contribution in [3.8, 4) is 5.75 Å². The largest absolute Gasteiger partial charge is 0.489 e. The highest BCUT2D eigenvalue weighted by molar-refractivity contribution is 5.92. The minimum atomic E-state index is -0.348. The third kappa shape index (κ3) is 3.81. The van der Waals surface area contributed by atoms with Gasteiger partial charge in [-0.05, 0) is 24.6 Å². The van der Waals surface area contributed by atoms with E-state index in [9.17, 15) is 9.18 Å². The van der Waals surface area contributed by atoms with Gasteiger partial charge in [0, 0.05) is 12.3 Å². The fourth-order valence-corrected chi connectivity index (χ4v) is 1.69. The number of benzene rings is 1. The molecule has 2 N–H and O–H groups in total. The molecule has 0 unspecified atom stereocenters. The van der Waals surface area contributed by atoms with Crippen molar-refractivity contribution in [2.45, 2.75) is 19.4 Å². The van der Waals surface area contributed by atoms with E-state index in [0.717, 1.165) is 0 Å². The summed E-state index contributed by atoms with van der Waals surface area (Å²) in [5.74, 6) is -0.143. The van der Waals surface area contributed by atoms with Gasteiger partial charge in [-0.3, -0.25) is 9.89 Å². The average molecular weight is 277 g/mol. The van der Waals surface area contributed by atoms with Gasteiger partial charge in [-0.25, -0.2) is 4.39 Å². The molecular weight excluding hydrogens is 261 g/mol. The number of nitrogens with one attached hydrogen (secondary N) is 2. The van der Waals surface area contributed by atoms with Gasteiger partial charge in [0.2, 0.25) is 0 Å². The molecule has 20 heavy (non-hydrogen) atoms. The van der Waals surface area contributed by atoms with Gasteiger partial charge >= 0.3 is 0 Å². The highest BCUT2D eigenvalue weighted by atomic mass is 19.1. The fraction of sp³-hybridized carbons (Fsp3) is 0.286. The minimum absolute atomic E-state index is 0.219. The second-order valence-corrected chi connectivity index (χ2v) is 4.29. The summed E-state index contributed by atoms with van der Waals surface area (Å²) in [5, 5.41) is 9.03. The van der Waals surface area contributed by atoms with E-state index in [1.165, 1.54) is 18.3 Å². The number of carbonyl (C=O) groups is 1. The molecule has 106 valence electrons. The van der Waals surface area contributed by atoms with Gasteiger partial charge in [0.1, 0.15) is 23.4 Å². The van der Waals surface area contributed by atoms with E-state index < -0.39 is 0 Å². The van der Waals surface area contributed by atoms with Crippen molar-refractivity contribution in [1.29, 1.82) is 0 Å². The molecule has 0 aliphatic heterocycles. The first-order chi connectivity index (χ1) is 9.69. The van der Waals surface area contributed by atoms with Gasteiger partial charge in [-0.2, -0.15) is 5.10 Å². The first kappa shape index (κ1) is 14.0. The van der Waals surface area contributed by atoms with Crippen LogP contribution < -0.4 is 10.1 Å². The molecule has 0 aliphatic carbocycles. The lowest BCUT2D eigenvalue weighted by Gasteiger charge is -2.18. The van der Waals surface area contributed by atoms with Crippen LogP contribution in [0.15, 0.2) is 36.5 Å².